The number of nitrogens with zero attached hydrogens (tertiary/aromatic N) is 1. The van der Waals surface area contributed by atoms with E-state index in [-0.39, 0.29) is 5.69 Å². The third kappa shape index (κ3) is 4.39. The van der Waals surface area contributed by atoms with Gasteiger partial charge in [-0.1, -0.05) is 29.8 Å². The maximum absolute atomic E-state index is 12.3. The molecule has 124 valence electrons. The monoisotopic (exact) mass is 327 g/mol. The van der Waals surface area contributed by atoms with Gasteiger partial charge in [-0.3, -0.25) is 14.9 Å². The Balaban J connectivity index is 2.26. The highest BCUT2D eigenvalue weighted by atomic mass is 16.6. The van der Waals surface area contributed by atoms with Gasteiger partial charge < -0.3 is 15.2 Å². The number of nitro groups is 1. The number of hydrogen-bond acceptors (Lipinski definition) is 5. The number of carbonyl (C=O) groups excluding carboxylic acids is 2. The van der Waals surface area contributed by atoms with Gasteiger partial charge in [-0.05, 0) is 24.6 Å². The quantitative estimate of drug-likeness (QED) is 0.638. The third-order valence-electron chi connectivity index (χ3n) is 3.47. The smallest absolute Gasteiger partial charge is 0.269 e. The maximum atomic E-state index is 12.3. The van der Waals surface area contributed by atoms with E-state index in [1.807, 2.05) is 6.92 Å². The van der Waals surface area contributed by atoms with Gasteiger partial charge in [0.1, 0.15) is 0 Å². The molecule has 0 aliphatic rings. The summed E-state index contributed by atoms with van der Waals surface area (Å²) in [5, 5.41) is 24.4. The Labute approximate surface area is 138 Å². The number of rotatable bonds is 6. The molecular weight excluding hydrogens is 312 g/mol. The predicted octanol–water partition coefficient (Wildman–Crippen LogP) is 1.51. The van der Waals surface area contributed by atoms with Crippen LogP contribution >= 0.6 is 0 Å². The van der Waals surface area contributed by atoms with E-state index in [2.05, 4.69) is 5.32 Å². The van der Waals surface area contributed by atoms with Crippen molar-refractivity contribution in [2.75, 3.05) is 0 Å². The highest BCUT2D eigenvalue weighted by Gasteiger charge is 2.18. The Morgan fingerprint density at radius 1 is 1.17 bits per heavy atom. The van der Waals surface area contributed by atoms with Crippen molar-refractivity contribution in [2.45, 2.75) is 19.4 Å². The minimum absolute atomic E-state index is 0.180. The number of amides is 1. The van der Waals surface area contributed by atoms with Crippen molar-refractivity contribution in [1.29, 1.82) is 0 Å². The summed E-state index contributed by atoms with van der Waals surface area (Å²) in [6, 6.07) is 11.3. The fraction of sp³-hybridized carbons (Fsp3) is 0.176. The molecule has 0 aliphatic heterocycles. The van der Waals surface area contributed by atoms with Crippen molar-refractivity contribution < 1.29 is 19.6 Å². The first kappa shape index (κ1) is 17.1. The first-order valence-corrected chi connectivity index (χ1v) is 7.18. The van der Waals surface area contributed by atoms with Gasteiger partial charge in [-0.25, -0.2) is 0 Å². The molecule has 0 spiro atoms. The average Bonchev–Trinajstić information content (AvgIpc) is 2.54. The zero-order chi connectivity index (χ0) is 17.7. The van der Waals surface area contributed by atoms with Crippen LogP contribution in [0.3, 0.4) is 0 Å². The number of aryl methyl sites for hydroxylation is 1. The zero-order valence-corrected chi connectivity index (χ0v) is 12.9. The molecule has 1 N–H and O–H groups in total. The van der Waals surface area contributed by atoms with Crippen LogP contribution in [0.1, 0.15) is 33.9 Å². The summed E-state index contributed by atoms with van der Waals surface area (Å²) in [7, 11) is 0. The third-order valence-corrected chi connectivity index (χ3v) is 3.47. The molecule has 1 amide bonds. The number of carboxylic acid groups (broad SMARTS) is 1. The van der Waals surface area contributed by atoms with Crippen molar-refractivity contribution in [3.05, 3.63) is 75.3 Å². The Bertz CT molecular complexity index is 771. The van der Waals surface area contributed by atoms with Gasteiger partial charge >= 0.3 is 0 Å². The number of hydrogen-bond donors (Lipinski definition) is 1. The number of nitrogens with one attached hydrogen (secondary N) is 1. The highest BCUT2D eigenvalue weighted by Crippen LogP contribution is 2.22. The standard InChI is InChI=1S/C17H16N2O5/c1-11-5-7-12(8-6-11)17(22)18-15(10-16(20)21)13-3-2-4-14(9-13)19(23)24/h2-9,15H,10H2,1H3,(H,18,22)(H,20,21)/p-1/t15-/m1/s1. The molecule has 0 saturated heterocycles. The lowest BCUT2D eigenvalue weighted by Gasteiger charge is -2.20. The van der Waals surface area contributed by atoms with Crippen molar-refractivity contribution in [3.8, 4) is 0 Å². The first-order chi connectivity index (χ1) is 11.4. The second kappa shape index (κ2) is 7.36. The summed E-state index contributed by atoms with van der Waals surface area (Å²) in [5.41, 5.74) is 1.50. The molecule has 0 bridgehead atoms. The summed E-state index contributed by atoms with van der Waals surface area (Å²) >= 11 is 0. The molecule has 0 radical (unpaired) electrons. The molecule has 1 atom stereocenters. The van der Waals surface area contributed by atoms with E-state index in [1.165, 1.54) is 24.3 Å². The van der Waals surface area contributed by atoms with Crippen molar-refractivity contribution in [2.24, 2.45) is 0 Å². The van der Waals surface area contributed by atoms with Crippen LogP contribution in [0, 0.1) is 17.0 Å². The van der Waals surface area contributed by atoms with Crippen LogP contribution in [0.2, 0.25) is 0 Å². The second-order valence-electron chi connectivity index (χ2n) is 5.32. The number of aliphatic carboxylic acids is 1. The van der Waals surface area contributed by atoms with Crippen molar-refractivity contribution in [1.82, 2.24) is 5.32 Å². The summed E-state index contributed by atoms with van der Waals surface area (Å²) in [6.45, 7) is 1.88. The molecule has 7 nitrogen and oxygen atoms in total. The number of carbonyl (C=O) groups is 2. The van der Waals surface area contributed by atoms with Crippen LogP contribution in [0.15, 0.2) is 48.5 Å². The van der Waals surface area contributed by atoms with Crippen LogP contribution < -0.4 is 10.4 Å². The SMILES string of the molecule is Cc1ccc(C(=O)N[C@H](CC(=O)[O-])c2cccc([N+](=O)[O-])c2)cc1. The molecule has 0 aliphatic carbocycles. The van der Waals surface area contributed by atoms with E-state index in [9.17, 15) is 24.8 Å². The number of benzene rings is 2. The Morgan fingerprint density at radius 2 is 1.83 bits per heavy atom. The summed E-state index contributed by atoms with van der Waals surface area (Å²) in [4.78, 5) is 33.5. The molecule has 0 fully saturated rings. The minimum atomic E-state index is -1.37. The van der Waals surface area contributed by atoms with E-state index in [0.29, 0.717) is 11.1 Å². The molecule has 0 heterocycles. The number of nitro benzene ring substituents is 1. The lowest BCUT2D eigenvalue weighted by molar-refractivity contribution is -0.385. The molecule has 0 unspecified atom stereocenters. The van der Waals surface area contributed by atoms with Crippen molar-refractivity contribution >= 4 is 17.6 Å². The van der Waals surface area contributed by atoms with Crippen LogP contribution in [0.25, 0.3) is 0 Å². The van der Waals surface area contributed by atoms with Crippen LogP contribution in [-0.4, -0.2) is 16.8 Å². The highest BCUT2D eigenvalue weighted by molar-refractivity contribution is 5.94. The fourth-order valence-corrected chi connectivity index (χ4v) is 2.22. The lowest BCUT2D eigenvalue weighted by Crippen LogP contribution is -2.34. The van der Waals surface area contributed by atoms with Gasteiger partial charge in [0.15, 0.2) is 0 Å². The van der Waals surface area contributed by atoms with E-state index >= 15 is 0 Å². The van der Waals surface area contributed by atoms with Crippen LogP contribution in [-0.2, 0) is 4.79 Å². The van der Waals surface area contributed by atoms with E-state index in [4.69, 9.17) is 0 Å². The average molecular weight is 327 g/mol. The summed E-state index contributed by atoms with van der Waals surface area (Å²) in [6.07, 6.45) is -0.487. The Morgan fingerprint density at radius 3 is 2.42 bits per heavy atom. The molecule has 2 aromatic carbocycles. The van der Waals surface area contributed by atoms with Gasteiger partial charge in [-0.2, -0.15) is 0 Å². The predicted molar refractivity (Wildman–Crippen MR) is 84.1 cm³/mol. The minimum Gasteiger partial charge on any atom is -0.550 e. The molecular formula is C17H15N2O5-. The largest absolute Gasteiger partial charge is 0.550 e. The number of non-ortho nitro benzene ring substituents is 1. The Kier molecular flexibility index (Phi) is 5.26. The molecule has 2 rings (SSSR count). The van der Waals surface area contributed by atoms with Gasteiger partial charge in [0.05, 0.1) is 11.0 Å². The summed E-state index contributed by atoms with van der Waals surface area (Å²) in [5.74, 6) is -1.83. The lowest BCUT2D eigenvalue weighted by atomic mass is 10.0. The van der Waals surface area contributed by atoms with E-state index in [0.717, 1.165) is 5.56 Å². The first-order valence-electron chi connectivity index (χ1n) is 7.18. The molecule has 0 saturated carbocycles. The molecule has 0 aromatic heterocycles. The summed E-state index contributed by atoms with van der Waals surface area (Å²) < 4.78 is 0. The van der Waals surface area contributed by atoms with Gasteiger partial charge in [0.25, 0.3) is 11.6 Å². The molecule has 2 aromatic rings. The molecule has 24 heavy (non-hydrogen) atoms. The maximum Gasteiger partial charge on any atom is 0.269 e. The van der Waals surface area contributed by atoms with Crippen molar-refractivity contribution in [3.63, 3.8) is 0 Å². The van der Waals surface area contributed by atoms with Gasteiger partial charge in [0, 0.05) is 30.1 Å². The topological polar surface area (TPSA) is 112 Å². The second-order valence-corrected chi connectivity index (χ2v) is 5.32. The van der Waals surface area contributed by atoms with Gasteiger partial charge in [-0.15, -0.1) is 0 Å². The van der Waals surface area contributed by atoms with Gasteiger partial charge in [0.2, 0.25) is 0 Å². The van der Waals surface area contributed by atoms with Crippen LogP contribution in [0.4, 0.5) is 5.69 Å². The van der Waals surface area contributed by atoms with Crippen LogP contribution in [0.5, 0.6) is 0 Å². The normalized spacial score (nSPS) is 11.5. The zero-order valence-electron chi connectivity index (χ0n) is 12.9. The Hall–Kier alpha value is -3.22. The fourth-order valence-electron chi connectivity index (χ4n) is 2.22. The number of carboxylic acids is 1. The van der Waals surface area contributed by atoms with E-state index < -0.39 is 29.3 Å². The van der Waals surface area contributed by atoms with E-state index in [1.54, 1.807) is 24.3 Å². The molecule has 7 heteroatoms.